The van der Waals surface area contributed by atoms with Gasteiger partial charge in [-0.15, -0.1) is 0 Å². The first-order valence-electron chi connectivity index (χ1n) is 17.3. The third kappa shape index (κ3) is 3.12. The van der Waals surface area contributed by atoms with E-state index >= 15 is 0 Å². The number of hydrogen-bond acceptors (Lipinski definition) is 0. The summed E-state index contributed by atoms with van der Waals surface area (Å²) in [6.45, 7) is 9.50. The van der Waals surface area contributed by atoms with E-state index in [2.05, 4.69) is 161 Å². The van der Waals surface area contributed by atoms with Gasteiger partial charge in [0, 0.05) is 10.8 Å². The monoisotopic (exact) mass is 610 g/mol. The predicted octanol–water partition coefficient (Wildman–Crippen LogP) is 13.2. The average molecular weight is 611 g/mol. The molecule has 0 N–H and O–H groups in total. The molecule has 48 heavy (non-hydrogen) atoms. The molecule has 11 rings (SSSR count). The lowest BCUT2D eigenvalue weighted by Gasteiger charge is -2.21. The largest absolute Gasteiger partial charge is 0.0613 e. The van der Waals surface area contributed by atoms with Crippen LogP contribution in [0.5, 0.6) is 0 Å². The van der Waals surface area contributed by atoms with Crippen LogP contribution in [0, 0.1) is 0 Å². The Labute approximate surface area is 280 Å². The van der Waals surface area contributed by atoms with Crippen molar-refractivity contribution in [2.45, 2.75) is 38.5 Å². The summed E-state index contributed by atoms with van der Waals surface area (Å²) in [6.07, 6.45) is 0. The second-order valence-corrected chi connectivity index (χ2v) is 15.3. The van der Waals surface area contributed by atoms with Crippen LogP contribution in [0.3, 0.4) is 0 Å². The van der Waals surface area contributed by atoms with Gasteiger partial charge in [-0.3, -0.25) is 0 Å². The van der Waals surface area contributed by atoms with Crippen molar-refractivity contribution in [3.8, 4) is 22.3 Å². The fourth-order valence-corrected chi connectivity index (χ4v) is 9.80. The number of fused-ring (bicyclic) bond motifs is 6. The molecule has 2 aliphatic rings. The highest BCUT2D eigenvalue weighted by atomic mass is 14.4. The molecule has 2 aliphatic carbocycles. The van der Waals surface area contributed by atoms with Crippen LogP contribution in [0.15, 0.2) is 133 Å². The van der Waals surface area contributed by atoms with Crippen molar-refractivity contribution in [1.29, 1.82) is 0 Å². The molecule has 226 valence electrons. The smallest absolute Gasteiger partial charge is 0.0159 e. The zero-order valence-electron chi connectivity index (χ0n) is 27.7. The Bertz CT molecular complexity index is 2730. The molecule has 0 heteroatoms. The molecule has 0 aliphatic heterocycles. The topological polar surface area (TPSA) is 0 Å². The summed E-state index contributed by atoms with van der Waals surface area (Å²) in [5.74, 6) is 0. The molecule has 0 heterocycles. The van der Waals surface area contributed by atoms with Gasteiger partial charge in [-0.25, -0.2) is 0 Å². The second kappa shape index (κ2) is 8.71. The van der Waals surface area contributed by atoms with Gasteiger partial charge < -0.3 is 0 Å². The van der Waals surface area contributed by atoms with Crippen molar-refractivity contribution < 1.29 is 0 Å². The summed E-state index contributed by atoms with van der Waals surface area (Å²) in [5, 5.41) is 16.6. The number of benzene rings is 9. The van der Waals surface area contributed by atoms with Crippen molar-refractivity contribution in [2.24, 2.45) is 0 Å². The van der Waals surface area contributed by atoms with E-state index < -0.39 is 0 Å². The van der Waals surface area contributed by atoms with E-state index in [0.29, 0.717) is 0 Å². The van der Waals surface area contributed by atoms with Gasteiger partial charge in [-0.05, 0) is 127 Å². The molecular formula is C48H34. The molecule has 0 saturated heterocycles. The van der Waals surface area contributed by atoms with E-state index in [0.717, 1.165) is 0 Å². The molecule has 9 aromatic rings. The maximum atomic E-state index is 2.43. The first-order chi connectivity index (χ1) is 23.3. The van der Waals surface area contributed by atoms with Crippen LogP contribution in [-0.2, 0) is 10.8 Å². The molecule has 0 amide bonds. The van der Waals surface area contributed by atoms with Gasteiger partial charge in [0.2, 0.25) is 0 Å². The zero-order chi connectivity index (χ0) is 32.1. The van der Waals surface area contributed by atoms with Crippen molar-refractivity contribution in [3.05, 3.63) is 156 Å². The Morgan fingerprint density at radius 1 is 0.271 bits per heavy atom. The van der Waals surface area contributed by atoms with Crippen LogP contribution in [0.25, 0.3) is 86.9 Å². The van der Waals surface area contributed by atoms with Crippen LogP contribution in [0.1, 0.15) is 49.9 Å². The lowest BCUT2D eigenvalue weighted by molar-refractivity contribution is 0.662. The lowest BCUT2D eigenvalue weighted by Crippen LogP contribution is -2.14. The second-order valence-electron chi connectivity index (χ2n) is 15.3. The fourth-order valence-electron chi connectivity index (χ4n) is 9.80. The van der Waals surface area contributed by atoms with Gasteiger partial charge in [0.1, 0.15) is 0 Å². The molecule has 0 atom stereocenters. The first-order valence-corrected chi connectivity index (χ1v) is 17.3. The third-order valence-corrected chi connectivity index (χ3v) is 12.2. The summed E-state index contributed by atoms with van der Waals surface area (Å²) < 4.78 is 0. The Morgan fingerprint density at radius 3 is 0.958 bits per heavy atom. The summed E-state index contributed by atoms with van der Waals surface area (Å²) in [6, 6.07) is 51.0. The highest BCUT2D eigenvalue weighted by Gasteiger charge is 2.35. The molecule has 0 spiro atoms. The van der Waals surface area contributed by atoms with Gasteiger partial charge >= 0.3 is 0 Å². The number of hydrogen-bond donors (Lipinski definition) is 0. The average Bonchev–Trinajstić information content (AvgIpc) is 3.51. The van der Waals surface area contributed by atoms with E-state index in [-0.39, 0.29) is 10.8 Å². The maximum Gasteiger partial charge on any atom is 0.0159 e. The third-order valence-electron chi connectivity index (χ3n) is 12.2. The lowest BCUT2D eigenvalue weighted by atomic mass is 9.82. The summed E-state index contributed by atoms with van der Waals surface area (Å²) in [5.41, 5.74) is 10.8. The van der Waals surface area contributed by atoms with Gasteiger partial charge in [-0.2, -0.15) is 0 Å². The van der Waals surface area contributed by atoms with Gasteiger partial charge in [0.15, 0.2) is 0 Å². The Morgan fingerprint density at radius 2 is 0.583 bits per heavy atom. The quantitative estimate of drug-likeness (QED) is 0.171. The van der Waals surface area contributed by atoms with E-state index in [4.69, 9.17) is 0 Å². The number of rotatable bonds is 2. The SMILES string of the molecule is CC1(C)c2cccc3c4ccc(-c5cccc(-c6ccc7c(c6)c6cccc8c6c6c(cccc76)C8(C)C)c5)cc4c4cccc1c4c23. The molecule has 0 radical (unpaired) electrons. The van der Waals surface area contributed by atoms with Crippen LogP contribution in [-0.4, -0.2) is 0 Å². The standard InChI is InChI=1S/C48H34/c1-47(2)39-16-6-12-33-31-22-20-29(25-37(31)35-14-8-18-41(47)45(35)43(33)39)27-10-5-11-28(24-27)30-21-23-32-34-13-7-17-40-44(34)46-36(38(32)26-30)15-9-19-42(46)48(40,3)4/h5-26H,1-4H3. The molecular weight excluding hydrogens is 577 g/mol. The highest BCUT2D eigenvalue weighted by Crippen LogP contribution is 2.53. The summed E-state index contributed by atoms with van der Waals surface area (Å²) >= 11 is 0. The molecule has 0 saturated carbocycles. The van der Waals surface area contributed by atoms with Crippen molar-refractivity contribution in [3.63, 3.8) is 0 Å². The predicted molar refractivity (Wildman–Crippen MR) is 207 cm³/mol. The molecule has 0 aromatic heterocycles. The summed E-state index contributed by atoms with van der Waals surface area (Å²) in [4.78, 5) is 0. The van der Waals surface area contributed by atoms with E-state index in [1.807, 2.05) is 0 Å². The van der Waals surface area contributed by atoms with E-state index in [1.54, 1.807) is 0 Å². The molecule has 0 fully saturated rings. The minimum absolute atomic E-state index is 0.00513. The Hall–Kier alpha value is -5.46. The Kier molecular flexibility index (Phi) is 4.82. The van der Waals surface area contributed by atoms with Crippen LogP contribution in [0.4, 0.5) is 0 Å². The molecule has 0 nitrogen and oxygen atoms in total. The normalized spacial score (nSPS) is 15.4. The first kappa shape index (κ1) is 26.6. The van der Waals surface area contributed by atoms with Crippen LogP contribution in [0.2, 0.25) is 0 Å². The zero-order valence-corrected chi connectivity index (χ0v) is 27.7. The minimum Gasteiger partial charge on any atom is -0.0613 e. The fraction of sp³-hybridized carbons (Fsp3) is 0.125. The van der Waals surface area contributed by atoms with E-state index in [9.17, 15) is 0 Å². The maximum absolute atomic E-state index is 2.43. The van der Waals surface area contributed by atoms with Gasteiger partial charge in [-0.1, -0.05) is 143 Å². The highest BCUT2D eigenvalue weighted by molar-refractivity contribution is 6.30. The van der Waals surface area contributed by atoms with Gasteiger partial charge in [0.05, 0.1) is 0 Å². The molecule has 0 unspecified atom stereocenters. The molecule has 0 bridgehead atoms. The van der Waals surface area contributed by atoms with Crippen molar-refractivity contribution >= 4 is 64.6 Å². The minimum atomic E-state index is 0.00513. The van der Waals surface area contributed by atoms with Gasteiger partial charge in [0.25, 0.3) is 0 Å². The summed E-state index contributed by atoms with van der Waals surface area (Å²) in [7, 11) is 0. The van der Waals surface area contributed by atoms with Crippen LogP contribution >= 0.6 is 0 Å². The van der Waals surface area contributed by atoms with Crippen molar-refractivity contribution in [2.75, 3.05) is 0 Å². The van der Waals surface area contributed by atoms with E-state index in [1.165, 1.54) is 109 Å². The molecule has 9 aromatic carbocycles. The van der Waals surface area contributed by atoms with Crippen molar-refractivity contribution in [1.82, 2.24) is 0 Å². The Balaban J connectivity index is 1.11. The van der Waals surface area contributed by atoms with Crippen LogP contribution < -0.4 is 0 Å².